The van der Waals surface area contributed by atoms with Gasteiger partial charge in [0.2, 0.25) is 11.8 Å². The number of halogens is 2. The molecule has 0 saturated carbocycles. The molecule has 1 aliphatic rings. The maximum atomic E-state index is 12.4. The highest BCUT2D eigenvalue weighted by atomic mass is 35.5. The molecule has 22 heavy (non-hydrogen) atoms. The van der Waals surface area contributed by atoms with Gasteiger partial charge in [0.1, 0.15) is 6.04 Å². The Morgan fingerprint density at radius 2 is 2.05 bits per heavy atom. The van der Waals surface area contributed by atoms with Gasteiger partial charge in [-0.15, -0.1) is 12.4 Å². The number of carbonyl (C=O) groups excluding carboxylic acids is 2. The molecule has 0 aromatic heterocycles. The predicted molar refractivity (Wildman–Crippen MR) is 90.4 cm³/mol. The molecule has 1 aromatic rings. The van der Waals surface area contributed by atoms with Crippen molar-refractivity contribution in [3.05, 3.63) is 29.3 Å². The molecule has 2 rings (SSSR count). The molecule has 3 N–H and O–H groups in total. The third kappa shape index (κ3) is 3.91. The van der Waals surface area contributed by atoms with Gasteiger partial charge in [-0.3, -0.25) is 9.59 Å². The van der Waals surface area contributed by atoms with Crippen molar-refractivity contribution in [2.45, 2.75) is 32.4 Å². The molecule has 2 amide bonds. The van der Waals surface area contributed by atoms with Crippen molar-refractivity contribution in [1.29, 1.82) is 0 Å². The molecule has 0 bridgehead atoms. The second-order valence-corrected chi connectivity index (χ2v) is 5.85. The van der Waals surface area contributed by atoms with Gasteiger partial charge in [0.15, 0.2) is 0 Å². The molecule has 1 heterocycles. The third-order valence-corrected chi connectivity index (χ3v) is 4.19. The van der Waals surface area contributed by atoms with Gasteiger partial charge in [-0.2, -0.15) is 0 Å². The number of carbonyl (C=O) groups is 2. The number of hydrogen-bond donors (Lipinski definition) is 2. The van der Waals surface area contributed by atoms with Crippen LogP contribution in [0.5, 0.6) is 0 Å². The lowest BCUT2D eigenvalue weighted by Gasteiger charge is -2.20. The fourth-order valence-electron chi connectivity index (χ4n) is 2.27. The van der Waals surface area contributed by atoms with E-state index in [1.807, 2.05) is 12.1 Å². The van der Waals surface area contributed by atoms with Crippen molar-refractivity contribution < 1.29 is 9.59 Å². The lowest BCUT2D eigenvalue weighted by atomic mass is 10.0. The highest BCUT2D eigenvalue weighted by Gasteiger charge is 2.35. The standard InChI is InChI=1S/C15H20ClN3O2.ClH/c1-9(10(2)17)14(20)18-12-7-8-19(15(12)21)13-6-4-3-5-11(13)16;/h3-6,9-10,12H,7-8,17H2,1-2H3,(H,18,20);1H. The summed E-state index contributed by atoms with van der Waals surface area (Å²) in [4.78, 5) is 26.0. The molecular formula is C15H21Cl2N3O2. The second kappa shape index (κ2) is 7.81. The van der Waals surface area contributed by atoms with E-state index in [4.69, 9.17) is 17.3 Å². The highest BCUT2D eigenvalue weighted by molar-refractivity contribution is 6.34. The average Bonchev–Trinajstić information content (AvgIpc) is 2.80. The van der Waals surface area contributed by atoms with E-state index >= 15 is 0 Å². The molecule has 7 heteroatoms. The van der Waals surface area contributed by atoms with E-state index in [0.717, 1.165) is 0 Å². The van der Waals surface area contributed by atoms with E-state index in [0.29, 0.717) is 23.7 Å². The number of hydrogen-bond acceptors (Lipinski definition) is 3. The zero-order chi connectivity index (χ0) is 15.6. The van der Waals surface area contributed by atoms with Crippen molar-refractivity contribution in [2.24, 2.45) is 11.7 Å². The first-order chi connectivity index (χ1) is 9.91. The van der Waals surface area contributed by atoms with Gasteiger partial charge in [0, 0.05) is 18.5 Å². The number of nitrogens with two attached hydrogens (primary N) is 1. The molecule has 1 aromatic carbocycles. The van der Waals surface area contributed by atoms with Crippen molar-refractivity contribution in [1.82, 2.24) is 5.32 Å². The second-order valence-electron chi connectivity index (χ2n) is 5.44. The summed E-state index contributed by atoms with van der Waals surface area (Å²) in [7, 11) is 0. The number of benzene rings is 1. The summed E-state index contributed by atoms with van der Waals surface area (Å²) in [5.74, 6) is -0.648. The maximum Gasteiger partial charge on any atom is 0.249 e. The van der Waals surface area contributed by atoms with Crippen molar-refractivity contribution >= 4 is 41.5 Å². The topological polar surface area (TPSA) is 75.4 Å². The first-order valence-corrected chi connectivity index (χ1v) is 7.41. The van der Waals surface area contributed by atoms with Crippen LogP contribution in [-0.2, 0) is 9.59 Å². The van der Waals surface area contributed by atoms with Crippen LogP contribution in [0.1, 0.15) is 20.3 Å². The van der Waals surface area contributed by atoms with Crippen LogP contribution in [0.4, 0.5) is 5.69 Å². The van der Waals surface area contributed by atoms with Crippen LogP contribution in [0.15, 0.2) is 24.3 Å². The average molecular weight is 346 g/mol. The lowest BCUT2D eigenvalue weighted by Crippen LogP contribution is -2.46. The first-order valence-electron chi connectivity index (χ1n) is 7.03. The molecule has 1 fully saturated rings. The number of rotatable bonds is 4. The Morgan fingerprint density at radius 1 is 1.41 bits per heavy atom. The maximum absolute atomic E-state index is 12.4. The Kier molecular flexibility index (Phi) is 6.66. The molecule has 3 unspecified atom stereocenters. The zero-order valence-electron chi connectivity index (χ0n) is 12.6. The van der Waals surface area contributed by atoms with E-state index < -0.39 is 6.04 Å². The molecule has 5 nitrogen and oxygen atoms in total. The minimum Gasteiger partial charge on any atom is -0.344 e. The Labute approximate surface area is 141 Å². The first kappa shape index (κ1) is 18.7. The molecule has 0 aliphatic carbocycles. The molecule has 1 aliphatic heterocycles. The van der Waals surface area contributed by atoms with Crippen LogP contribution in [0, 0.1) is 5.92 Å². The van der Waals surface area contributed by atoms with Crippen LogP contribution in [-0.4, -0.2) is 30.4 Å². The number of nitrogens with one attached hydrogen (secondary N) is 1. The van der Waals surface area contributed by atoms with Crippen molar-refractivity contribution in [2.75, 3.05) is 11.4 Å². The SMILES string of the molecule is CC(N)C(C)C(=O)NC1CCN(c2ccccc2Cl)C1=O.Cl. The minimum atomic E-state index is -0.505. The van der Waals surface area contributed by atoms with E-state index in [1.165, 1.54) is 0 Å². The summed E-state index contributed by atoms with van der Waals surface area (Å²) in [6.45, 7) is 4.07. The van der Waals surface area contributed by atoms with Gasteiger partial charge in [-0.25, -0.2) is 0 Å². The largest absolute Gasteiger partial charge is 0.344 e. The van der Waals surface area contributed by atoms with Crippen molar-refractivity contribution in [3.8, 4) is 0 Å². The van der Waals surface area contributed by atoms with Crippen LogP contribution in [0.25, 0.3) is 0 Å². The van der Waals surface area contributed by atoms with E-state index in [-0.39, 0.29) is 36.2 Å². The lowest BCUT2D eigenvalue weighted by molar-refractivity contribution is -0.129. The molecule has 0 spiro atoms. The van der Waals surface area contributed by atoms with Crippen LogP contribution < -0.4 is 16.0 Å². The number of para-hydroxylation sites is 1. The fraction of sp³-hybridized carbons (Fsp3) is 0.467. The predicted octanol–water partition coefficient (Wildman–Crippen LogP) is 1.97. The number of anilines is 1. The molecular weight excluding hydrogens is 325 g/mol. The van der Waals surface area contributed by atoms with Gasteiger partial charge in [-0.1, -0.05) is 30.7 Å². The Hall–Kier alpha value is -1.30. The van der Waals surface area contributed by atoms with Gasteiger partial charge >= 0.3 is 0 Å². The smallest absolute Gasteiger partial charge is 0.249 e. The molecule has 3 atom stereocenters. The summed E-state index contributed by atoms with van der Waals surface area (Å²) in [6, 6.07) is 6.44. The Morgan fingerprint density at radius 3 is 2.64 bits per heavy atom. The summed E-state index contributed by atoms with van der Waals surface area (Å²) in [6.07, 6.45) is 0.571. The number of amides is 2. The van der Waals surface area contributed by atoms with Gasteiger partial charge in [0.25, 0.3) is 0 Å². The van der Waals surface area contributed by atoms with Gasteiger partial charge in [-0.05, 0) is 25.5 Å². The zero-order valence-corrected chi connectivity index (χ0v) is 14.2. The number of nitrogens with zero attached hydrogens (tertiary/aromatic N) is 1. The monoisotopic (exact) mass is 345 g/mol. The van der Waals surface area contributed by atoms with E-state index in [1.54, 1.807) is 30.9 Å². The van der Waals surface area contributed by atoms with Gasteiger partial charge in [0.05, 0.1) is 10.7 Å². The molecule has 0 radical (unpaired) electrons. The van der Waals surface area contributed by atoms with E-state index in [9.17, 15) is 9.59 Å². The van der Waals surface area contributed by atoms with Crippen LogP contribution >= 0.6 is 24.0 Å². The van der Waals surface area contributed by atoms with Gasteiger partial charge < -0.3 is 16.0 Å². The fourth-order valence-corrected chi connectivity index (χ4v) is 2.50. The molecule has 122 valence electrons. The van der Waals surface area contributed by atoms with Crippen molar-refractivity contribution in [3.63, 3.8) is 0 Å². The van der Waals surface area contributed by atoms with E-state index in [2.05, 4.69) is 5.32 Å². The summed E-state index contributed by atoms with van der Waals surface area (Å²) in [5.41, 5.74) is 6.39. The molecule has 1 saturated heterocycles. The Balaban J connectivity index is 0.00000242. The minimum absolute atomic E-state index is 0. The normalized spacial score (nSPS) is 20.3. The van der Waals surface area contributed by atoms with Crippen LogP contribution in [0.3, 0.4) is 0 Å². The Bertz CT molecular complexity index is 551. The summed E-state index contributed by atoms with van der Waals surface area (Å²) in [5, 5.41) is 3.31. The summed E-state index contributed by atoms with van der Waals surface area (Å²) >= 11 is 6.12. The quantitative estimate of drug-likeness (QED) is 0.875. The third-order valence-electron chi connectivity index (χ3n) is 3.87. The van der Waals surface area contributed by atoms with Crippen LogP contribution in [0.2, 0.25) is 5.02 Å². The highest BCUT2D eigenvalue weighted by Crippen LogP contribution is 2.29. The summed E-state index contributed by atoms with van der Waals surface area (Å²) < 4.78 is 0.